The van der Waals surface area contributed by atoms with E-state index in [-0.39, 0.29) is 11.4 Å². The topological polar surface area (TPSA) is 43.4 Å². The standard InChI is InChI=1S/C12H18O3/c1-2-15-11(14)8-12-7-6-9(12)4-3-5-10(12)13/h9H,2-8H2,1H3/t9-,12-/m0/s1. The fraction of sp³-hybridized carbons (Fsp3) is 0.833. The van der Waals surface area contributed by atoms with Crippen molar-refractivity contribution in [2.24, 2.45) is 11.3 Å². The van der Waals surface area contributed by atoms with Crippen molar-refractivity contribution in [3.63, 3.8) is 0 Å². The number of hydrogen-bond donors (Lipinski definition) is 0. The Labute approximate surface area is 90.2 Å². The van der Waals surface area contributed by atoms with Gasteiger partial charge in [-0.05, 0) is 38.5 Å². The summed E-state index contributed by atoms with van der Waals surface area (Å²) >= 11 is 0. The van der Waals surface area contributed by atoms with Crippen LogP contribution >= 0.6 is 0 Å². The van der Waals surface area contributed by atoms with Crippen molar-refractivity contribution in [3.05, 3.63) is 0 Å². The molecule has 0 saturated heterocycles. The highest BCUT2D eigenvalue weighted by Gasteiger charge is 2.54. The Morgan fingerprint density at radius 3 is 2.87 bits per heavy atom. The minimum absolute atomic E-state index is 0.197. The molecule has 2 fully saturated rings. The third-order valence-electron chi connectivity index (χ3n) is 4.00. The van der Waals surface area contributed by atoms with Crippen molar-refractivity contribution >= 4 is 11.8 Å². The van der Waals surface area contributed by atoms with Crippen molar-refractivity contribution in [1.29, 1.82) is 0 Å². The zero-order chi connectivity index (χ0) is 10.9. The van der Waals surface area contributed by atoms with Crippen LogP contribution in [-0.2, 0) is 14.3 Å². The van der Waals surface area contributed by atoms with Crippen molar-refractivity contribution in [2.45, 2.75) is 45.4 Å². The van der Waals surface area contributed by atoms with Gasteiger partial charge in [-0.2, -0.15) is 0 Å². The average molecular weight is 210 g/mol. The molecule has 2 rings (SSSR count). The molecule has 0 spiro atoms. The summed E-state index contributed by atoms with van der Waals surface area (Å²) in [4.78, 5) is 23.4. The van der Waals surface area contributed by atoms with E-state index in [1.54, 1.807) is 6.92 Å². The molecule has 0 radical (unpaired) electrons. The molecule has 0 aromatic heterocycles. The molecule has 2 aliphatic carbocycles. The molecule has 0 heterocycles. The van der Waals surface area contributed by atoms with E-state index in [0.29, 0.717) is 31.1 Å². The van der Waals surface area contributed by atoms with Gasteiger partial charge in [0.1, 0.15) is 5.78 Å². The van der Waals surface area contributed by atoms with Crippen LogP contribution in [0.2, 0.25) is 0 Å². The summed E-state index contributed by atoms with van der Waals surface area (Å²) in [6, 6.07) is 0. The maximum atomic E-state index is 11.9. The highest BCUT2D eigenvalue weighted by atomic mass is 16.5. The molecule has 0 aromatic carbocycles. The fourth-order valence-corrected chi connectivity index (χ4v) is 3.04. The molecule has 3 nitrogen and oxygen atoms in total. The predicted molar refractivity (Wildman–Crippen MR) is 55.3 cm³/mol. The zero-order valence-electron chi connectivity index (χ0n) is 9.25. The zero-order valence-corrected chi connectivity index (χ0v) is 9.25. The van der Waals surface area contributed by atoms with Gasteiger partial charge in [0.05, 0.1) is 13.0 Å². The number of ketones is 1. The number of rotatable bonds is 3. The Kier molecular flexibility index (Phi) is 2.81. The molecule has 3 heteroatoms. The largest absolute Gasteiger partial charge is 0.466 e. The number of carbonyl (C=O) groups excluding carboxylic acids is 2. The second-order valence-corrected chi connectivity index (χ2v) is 4.69. The van der Waals surface area contributed by atoms with Crippen molar-refractivity contribution in [1.82, 2.24) is 0 Å². The lowest BCUT2D eigenvalue weighted by molar-refractivity contribution is -0.160. The normalized spacial score (nSPS) is 34.2. The van der Waals surface area contributed by atoms with Crippen LogP contribution < -0.4 is 0 Å². The highest BCUT2D eigenvalue weighted by Crippen LogP contribution is 2.55. The molecule has 15 heavy (non-hydrogen) atoms. The summed E-state index contributed by atoms with van der Waals surface area (Å²) in [5, 5.41) is 0. The molecule has 2 saturated carbocycles. The summed E-state index contributed by atoms with van der Waals surface area (Å²) in [5.74, 6) is 0.568. The van der Waals surface area contributed by atoms with Gasteiger partial charge in [-0.3, -0.25) is 9.59 Å². The van der Waals surface area contributed by atoms with E-state index in [4.69, 9.17) is 4.74 Å². The minimum atomic E-state index is -0.315. The van der Waals surface area contributed by atoms with E-state index in [9.17, 15) is 9.59 Å². The second-order valence-electron chi connectivity index (χ2n) is 4.69. The molecule has 0 bridgehead atoms. The predicted octanol–water partition coefficient (Wildman–Crippen LogP) is 2.09. The number of carbonyl (C=O) groups is 2. The third kappa shape index (κ3) is 1.68. The van der Waals surface area contributed by atoms with Gasteiger partial charge >= 0.3 is 5.97 Å². The fourth-order valence-electron chi connectivity index (χ4n) is 3.04. The summed E-state index contributed by atoms with van der Waals surface area (Å²) < 4.78 is 4.95. The van der Waals surface area contributed by atoms with Crippen LogP contribution in [0.1, 0.15) is 45.4 Å². The van der Waals surface area contributed by atoms with Crippen LogP contribution in [-0.4, -0.2) is 18.4 Å². The number of esters is 1. The first kappa shape index (κ1) is 10.7. The summed E-state index contributed by atoms with van der Waals surface area (Å²) in [6.45, 7) is 2.21. The maximum Gasteiger partial charge on any atom is 0.306 e. The van der Waals surface area contributed by atoms with Gasteiger partial charge in [0.15, 0.2) is 0 Å². The monoisotopic (exact) mass is 210 g/mol. The van der Waals surface area contributed by atoms with Crippen LogP contribution in [0.5, 0.6) is 0 Å². The number of ether oxygens (including phenoxy) is 1. The highest BCUT2D eigenvalue weighted by molar-refractivity contribution is 5.90. The summed E-state index contributed by atoms with van der Waals surface area (Å²) in [5.41, 5.74) is -0.315. The Morgan fingerprint density at radius 1 is 1.53 bits per heavy atom. The van der Waals surface area contributed by atoms with Crippen LogP contribution in [0.15, 0.2) is 0 Å². The number of hydrogen-bond acceptors (Lipinski definition) is 3. The van der Waals surface area contributed by atoms with Gasteiger partial charge in [-0.15, -0.1) is 0 Å². The molecule has 84 valence electrons. The van der Waals surface area contributed by atoms with Crippen LogP contribution in [0.4, 0.5) is 0 Å². The molecule has 0 N–H and O–H groups in total. The minimum Gasteiger partial charge on any atom is -0.466 e. The molecule has 0 amide bonds. The quantitative estimate of drug-likeness (QED) is 0.670. The average Bonchev–Trinajstić information content (AvgIpc) is 2.17. The Hall–Kier alpha value is -0.860. The summed E-state index contributed by atoms with van der Waals surface area (Å²) in [6.07, 6.45) is 5.12. The Morgan fingerprint density at radius 2 is 2.33 bits per heavy atom. The third-order valence-corrected chi connectivity index (χ3v) is 4.00. The lowest BCUT2D eigenvalue weighted by Gasteiger charge is -2.50. The van der Waals surface area contributed by atoms with Crippen LogP contribution in [0, 0.1) is 11.3 Å². The smallest absolute Gasteiger partial charge is 0.306 e. The molecule has 0 unspecified atom stereocenters. The van der Waals surface area contributed by atoms with Gasteiger partial charge in [0, 0.05) is 11.8 Å². The van der Waals surface area contributed by atoms with E-state index in [2.05, 4.69) is 0 Å². The molecule has 0 aromatic rings. The van der Waals surface area contributed by atoms with Crippen molar-refractivity contribution in [2.75, 3.05) is 6.61 Å². The lowest BCUT2D eigenvalue weighted by atomic mass is 9.52. The van der Waals surface area contributed by atoms with Gasteiger partial charge in [0.25, 0.3) is 0 Å². The van der Waals surface area contributed by atoms with Crippen LogP contribution in [0.3, 0.4) is 0 Å². The van der Waals surface area contributed by atoms with Crippen molar-refractivity contribution in [3.8, 4) is 0 Å². The summed E-state index contributed by atoms with van der Waals surface area (Å²) in [7, 11) is 0. The Bertz CT molecular complexity index is 285. The molecule has 2 aliphatic rings. The second kappa shape index (κ2) is 3.95. The van der Waals surface area contributed by atoms with Gasteiger partial charge in [0.2, 0.25) is 0 Å². The van der Waals surface area contributed by atoms with E-state index < -0.39 is 0 Å². The SMILES string of the molecule is CCOC(=O)C[C@@]12CC[C@@H]1CCCC2=O. The number of fused-ring (bicyclic) bond motifs is 1. The molecule has 0 aliphatic heterocycles. The molecule has 2 atom stereocenters. The van der Waals surface area contributed by atoms with E-state index in [1.165, 1.54) is 0 Å². The number of Topliss-reactive ketones (excluding diaryl/α,β-unsaturated/α-hetero) is 1. The van der Waals surface area contributed by atoms with Crippen LogP contribution in [0.25, 0.3) is 0 Å². The van der Waals surface area contributed by atoms with E-state index in [0.717, 1.165) is 25.7 Å². The van der Waals surface area contributed by atoms with Gasteiger partial charge < -0.3 is 4.74 Å². The molecular formula is C12H18O3. The van der Waals surface area contributed by atoms with Gasteiger partial charge in [-0.25, -0.2) is 0 Å². The van der Waals surface area contributed by atoms with E-state index >= 15 is 0 Å². The first-order chi connectivity index (χ1) is 7.19. The first-order valence-corrected chi connectivity index (χ1v) is 5.88. The van der Waals surface area contributed by atoms with E-state index in [1.807, 2.05) is 0 Å². The van der Waals surface area contributed by atoms with Gasteiger partial charge in [-0.1, -0.05) is 0 Å². The Balaban J connectivity index is 2.04. The molecular weight excluding hydrogens is 192 g/mol. The first-order valence-electron chi connectivity index (χ1n) is 5.88. The maximum absolute atomic E-state index is 11.9. The lowest BCUT2D eigenvalue weighted by Crippen LogP contribution is -2.50. The van der Waals surface area contributed by atoms with Crippen molar-refractivity contribution < 1.29 is 14.3 Å².